The summed E-state index contributed by atoms with van der Waals surface area (Å²) in [6.45, 7) is 6.26. The van der Waals surface area contributed by atoms with E-state index in [1.807, 2.05) is 11.3 Å². The molecule has 0 bridgehead atoms. The second-order valence-electron chi connectivity index (χ2n) is 6.09. The zero-order chi connectivity index (χ0) is 15.4. The van der Waals surface area contributed by atoms with Gasteiger partial charge in [-0.25, -0.2) is 0 Å². The number of nitrogens with zero attached hydrogens (tertiary/aromatic N) is 1. The van der Waals surface area contributed by atoms with E-state index in [-0.39, 0.29) is 5.91 Å². The largest absolute Gasteiger partial charge is 0.367 e. The van der Waals surface area contributed by atoms with Crippen molar-refractivity contribution >= 4 is 17.2 Å². The predicted molar refractivity (Wildman–Crippen MR) is 90.2 cm³/mol. The summed E-state index contributed by atoms with van der Waals surface area (Å²) in [7, 11) is 0. The van der Waals surface area contributed by atoms with Crippen LogP contribution >= 0.6 is 11.3 Å². The van der Waals surface area contributed by atoms with Gasteiger partial charge in [0.2, 0.25) is 0 Å². The Balaban J connectivity index is 1.39. The van der Waals surface area contributed by atoms with Crippen LogP contribution in [0.1, 0.15) is 33.6 Å². The van der Waals surface area contributed by atoms with Crippen molar-refractivity contribution in [1.82, 2.24) is 15.2 Å². The molecule has 1 saturated heterocycles. The lowest BCUT2D eigenvalue weighted by Gasteiger charge is -2.31. The molecule has 0 aliphatic carbocycles. The van der Waals surface area contributed by atoms with E-state index in [1.54, 1.807) is 18.5 Å². The predicted octanol–water partition coefficient (Wildman–Crippen LogP) is 3.03. The Morgan fingerprint density at radius 1 is 1.45 bits per heavy atom. The quantitative estimate of drug-likeness (QED) is 0.890. The van der Waals surface area contributed by atoms with Crippen LogP contribution in [0, 0.1) is 12.8 Å². The molecule has 118 valence electrons. The van der Waals surface area contributed by atoms with Gasteiger partial charge in [0.05, 0.1) is 5.56 Å². The Morgan fingerprint density at radius 2 is 2.27 bits per heavy atom. The number of likely N-dealkylation sites (tertiary alicyclic amines) is 1. The van der Waals surface area contributed by atoms with E-state index in [1.165, 1.54) is 10.4 Å². The van der Waals surface area contributed by atoms with Crippen LogP contribution in [0.2, 0.25) is 0 Å². The van der Waals surface area contributed by atoms with Crippen LogP contribution in [0.4, 0.5) is 0 Å². The highest BCUT2D eigenvalue weighted by atomic mass is 32.1. The molecule has 0 radical (unpaired) electrons. The number of piperidine rings is 1. The number of carbonyl (C=O) groups excluding carboxylic acids is 1. The lowest BCUT2D eigenvalue weighted by atomic mass is 9.96. The molecule has 2 N–H and O–H groups in total. The highest BCUT2D eigenvalue weighted by molar-refractivity contribution is 7.10. The van der Waals surface area contributed by atoms with Crippen LogP contribution in [0.3, 0.4) is 0 Å². The molecule has 4 nitrogen and oxygen atoms in total. The Kier molecular flexibility index (Phi) is 4.95. The number of aromatic nitrogens is 1. The van der Waals surface area contributed by atoms with Gasteiger partial charge in [-0.15, -0.1) is 11.3 Å². The first-order valence-electron chi connectivity index (χ1n) is 7.88. The van der Waals surface area contributed by atoms with E-state index in [4.69, 9.17) is 0 Å². The highest BCUT2D eigenvalue weighted by Gasteiger charge is 2.20. The Morgan fingerprint density at radius 3 is 2.91 bits per heavy atom. The standard InChI is InChI=1S/C17H23N3OS/c1-13-8-15(12-22-13)11-20-6-3-14(4-7-20)9-19-17(21)16-2-5-18-10-16/h2,5,8,10,12,14,18H,3-4,6-7,9,11H2,1H3,(H,19,21). The molecule has 1 aliphatic rings. The highest BCUT2D eigenvalue weighted by Crippen LogP contribution is 2.20. The molecule has 1 amide bonds. The minimum absolute atomic E-state index is 0.0254. The van der Waals surface area contributed by atoms with Crippen LogP contribution in [0.5, 0.6) is 0 Å². The first-order valence-corrected chi connectivity index (χ1v) is 8.76. The number of H-pyrrole nitrogens is 1. The molecular formula is C17H23N3OS. The van der Waals surface area contributed by atoms with Crippen LogP contribution in [0.25, 0.3) is 0 Å². The van der Waals surface area contributed by atoms with Crippen LogP contribution in [-0.4, -0.2) is 35.4 Å². The summed E-state index contributed by atoms with van der Waals surface area (Å²) in [5.74, 6) is 0.626. The summed E-state index contributed by atoms with van der Waals surface area (Å²) < 4.78 is 0. The van der Waals surface area contributed by atoms with Crippen molar-refractivity contribution < 1.29 is 4.79 Å². The van der Waals surface area contributed by atoms with E-state index in [0.717, 1.165) is 39.0 Å². The Bertz CT molecular complexity index is 597. The Labute approximate surface area is 135 Å². The number of thiophene rings is 1. The first-order chi connectivity index (χ1) is 10.7. The summed E-state index contributed by atoms with van der Waals surface area (Å²) >= 11 is 1.83. The van der Waals surface area contributed by atoms with E-state index in [2.05, 4.69) is 33.6 Å². The van der Waals surface area contributed by atoms with Gasteiger partial charge >= 0.3 is 0 Å². The van der Waals surface area contributed by atoms with Gasteiger partial charge in [-0.1, -0.05) is 0 Å². The monoisotopic (exact) mass is 317 g/mol. The summed E-state index contributed by atoms with van der Waals surface area (Å²) in [5.41, 5.74) is 2.15. The van der Waals surface area contributed by atoms with E-state index < -0.39 is 0 Å². The molecule has 22 heavy (non-hydrogen) atoms. The molecule has 0 unspecified atom stereocenters. The van der Waals surface area contributed by atoms with Crippen molar-refractivity contribution in [3.8, 4) is 0 Å². The molecule has 0 atom stereocenters. The van der Waals surface area contributed by atoms with Gasteiger partial charge in [0.25, 0.3) is 5.91 Å². The van der Waals surface area contributed by atoms with Gasteiger partial charge in [-0.05, 0) is 61.8 Å². The van der Waals surface area contributed by atoms with Gasteiger partial charge in [-0.2, -0.15) is 0 Å². The molecule has 0 aromatic carbocycles. The Hall–Kier alpha value is -1.59. The molecule has 3 heterocycles. The van der Waals surface area contributed by atoms with E-state index >= 15 is 0 Å². The fraction of sp³-hybridized carbons (Fsp3) is 0.471. The summed E-state index contributed by atoms with van der Waals surface area (Å²) in [4.78, 5) is 18.7. The number of amides is 1. The third-order valence-corrected chi connectivity index (χ3v) is 5.22. The fourth-order valence-electron chi connectivity index (χ4n) is 2.99. The minimum Gasteiger partial charge on any atom is -0.367 e. The molecule has 0 saturated carbocycles. The number of aryl methyl sites for hydroxylation is 1. The van der Waals surface area contributed by atoms with Crippen LogP contribution < -0.4 is 5.32 Å². The third-order valence-electron chi connectivity index (χ3n) is 4.31. The van der Waals surface area contributed by atoms with Crippen LogP contribution in [-0.2, 0) is 6.54 Å². The number of nitrogens with one attached hydrogen (secondary N) is 2. The molecular weight excluding hydrogens is 294 g/mol. The van der Waals surface area contributed by atoms with Gasteiger partial charge in [0, 0.05) is 30.4 Å². The average molecular weight is 317 g/mol. The number of aromatic amines is 1. The number of hydrogen-bond donors (Lipinski definition) is 2. The maximum atomic E-state index is 11.9. The zero-order valence-electron chi connectivity index (χ0n) is 13.0. The maximum Gasteiger partial charge on any atom is 0.252 e. The van der Waals surface area contributed by atoms with Gasteiger partial charge in [0.15, 0.2) is 0 Å². The molecule has 5 heteroatoms. The van der Waals surface area contributed by atoms with Crippen LogP contribution in [0.15, 0.2) is 29.9 Å². The summed E-state index contributed by atoms with van der Waals surface area (Å²) in [5, 5.41) is 5.31. The molecule has 2 aromatic rings. The van der Waals surface area contributed by atoms with Gasteiger partial charge in [0.1, 0.15) is 0 Å². The molecule has 3 rings (SSSR count). The summed E-state index contributed by atoms with van der Waals surface area (Å²) in [6, 6.07) is 4.09. The van der Waals surface area contributed by atoms with Gasteiger partial charge < -0.3 is 10.3 Å². The summed E-state index contributed by atoms with van der Waals surface area (Å²) in [6.07, 6.45) is 5.84. The van der Waals surface area contributed by atoms with Crippen molar-refractivity contribution in [2.45, 2.75) is 26.3 Å². The second-order valence-corrected chi connectivity index (χ2v) is 7.21. The topological polar surface area (TPSA) is 48.1 Å². The van der Waals surface area contributed by atoms with Crippen molar-refractivity contribution in [3.63, 3.8) is 0 Å². The molecule has 0 spiro atoms. The van der Waals surface area contributed by atoms with E-state index in [9.17, 15) is 4.79 Å². The van der Waals surface area contributed by atoms with Gasteiger partial charge in [-0.3, -0.25) is 9.69 Å². The fourth-order valence-corrected chi connectivity index (χ4v) is 3.69. The minimum atomic E-state index is 0.0254. The number of carbonyl (C=O) groups is 1. The second kappa shape index (κ2) is 7.11. The lowest BCUT2D eigenvalue weighted by Crippen LogP contribution is -2.38. The molecule has 1 fully saturated rings. The van der Waals surface area contributed by atoms with Crippen molar-refractivity contribution in [2.75, 3.05) is 19.6 Å². The van der Waals surface area contributed by atoms with Crippen molar-refractivity contribution in [1.29, 1.82) is 0 Å². The third kappa shape index (κ3) is 3.99. The molecule has 1 aliphatic heterocycles. The first kappa shape index (κ1) is 15.3. The van der Waals surface area contributed by atoms with Crippen molar-refractivity contribution in [3.05, 3.63) is 45.9 Å². The smallest absolute Gasteiger partial charge is 0.252 e. The SMILES string of the molecule is Cc1cc(CN2CCC(CNC(=O)c3cc[nH]c3)CC2)cs1. The number of hydrogen-bond acceptors (Lipinski definition) is 3. The molecule has 2 aromatic heterocycles. The normalized spacial score (nSPS) is 16.8. The number of rotatable bonds is 5. The van der Waals surface area contributed by atoms with E-state index in [0.29, 0.717) is 11.5 Å². The lowest BCUT2D eigenvalue weighted by molar-refractivity contribution is 0.0935. The van der Waals surface area contributed by atoms with Crippen molar-refractivity contribution in [2.24, 2.45) is 5.92 Å². The zero-order valence-corrected chi connectivity index (χ0v) is 13.8. The average Bonchev–Trinajstić information content (AvgIpc) is 3.18. The maximum absolute atomic E-state index is 11.9.